The van der Waals surface area contributed by atoms with Crippen LogP contribution in [-0.2, 0) is 13.6 Å². The van der Waals surface area contributed by atoms with Gasteiger partial charge in [0, 0.05) is 38.1 Å². The molecule has 1 amide bonds. The number of hydrogen-bond acceptors (Lipinski definition) is 3. The lowest BCUT2D eigenvalue weighted by Crippen LogP contribution is -2.26. The fourth-order valence-electron chi connectivity index (χ4n) is 1.81. The van der Waals surface area contributed by atoms with Gasteiger partial charge in [-0.3, -0.25) is 9.48 Å². The van der Waals surface area contributed by atoms with Crippen LogP contribution in [0.15, 0.2) is 30.6 Å². The quantitative estimate of drug-likeness (QED) is 0.851. The third-order valence-corrected chi connectivity index (χ3v) is 2.75. The van der Waals surface area contributed by atoms with E-state index in [0.29, 0.717) is 12.2 Å². The smallest absolute Gasteiger partial charge is 0.256 e. The summed E-state index contributed by atoms with van der Waals surface area (Å²) in [6.07, 6.45) is 3.48. The molecular formula is C13H15FN4O. The Hall–Kier alpha value is -2.37. The second kappa shape index (κ2) is 5.09. The molecule has 0 radical (unpaired) electrons. The average molecular weight is 262 g/mol. The summed E-state index contributed by atoms with van der Waals surface area (Å²) < 4.78 is 15.3. The van der Waals surface area contributed by atoms with Crippen molar-refractivity contribution in [1.82, 2.24) is 14.7 Å². The maximum atomic E-state index is 13.7. The number of nitrogen functional groups attached to an aromatic ring is 1. The number of nitrogens with zero attached hydrogens (tertiary/aromatic N) is 3. The van der Waals surface area contributed by atoms with E-state index in [1.165, 1.54) is 17.0 Å². The third kappa shape index (κ3) is 2.90. The molecule has 0 saturated carbocycles. The molecule has 19 heavy (non-hydrogen) atoms. The summed E-state index contributed by atoms with van der Waals surface area (Å²) in [5.74, 6) is -0.996. The molecule has 0 saturated heterocycles. The molecule has 2 N–H and O–H groups in total. The molecule has 0 aliphatic carbocycles. The standard InChI is InChI=1S/C13H15FN4O/c1-17(7-9-6-16-18(2)8-9)13(19)11-4-3-10(15)5-12(11)14/h3-6,8H,7,15H2,1-2H3. The van der Waals surface area contributed by atoms with Crippen LogP contribution in [0, 0.1) is 5.82 Å². The number of amides is 1. The molecule has 0 aliphatic rings. The first-order valence-corrected chi connectivity index (χ1v) is 5.75. The van der Waals surface area contributed by atoms with Gasteiger partial charge in [-0.05, 0) is 18.2 Å². The van der Waals surface area contributed by atoms with E-state index >= 15 is 0 Å². The molecule has 0 bridgehead atoms. The zero-order chi connectivity index (χ0) is 14.0. The summed E-state index contributed by atoms with van der Waals surface area (Å²) in [6.45, 7) is 0.372. The van der Waals surface area contributed by atoms with Gasteiger partial charge in [-0.25, -0.2) is 4.39 Å². The predicted octanol–water partition coefficient (Wildman–Crippen LogP) is 1.41. The van der Waals surface area contributed by atoms with Gasteiger partial charge >= 0.3 is 0 Å². The van der Waals surface area contributed by atoms with Crippen LogP contribution in [0.25, 0.3) is 0 Å². The number of nitrogens with two attached hydrogens (primary N) is 1. The molecule has 100 valence electrons. The lowest BCUT2D eigenvalue weighted by Gasteiger charge is -2.16. The molecule has 1 aromatic heterocycles. The minimum Gasteiger partial charge on any atom is -0.399 e. The van der Waals surface area contributed by atoms with Gasteiger partial charge in [0.1, 0.15) is 5.82 Å². The monoisotopic (exact) mass is 262 g/mol. The number of carbonyl (C=O) groups excluding carboxylic acids is 1. The van der Waals surface area contributed by atoms with Crippen LogP contribution in [0.1, 0.15) is 15.9 Å². The van der Waals surface area contributed by atoms with E-state index < -0.39 is 5.82 Å². The van der Waals surface area contributed by atoms with Crippen LogP contribution in [0.3, 0.4) is 0 Å². The van der Waals surface area contributed by atoms with E-state index in [4.69, 9.17) is 5.73 Å². The van der Waals surface area contributed by atoms with Gasteiger partial charge < -0.3 is 10.6 Å². The minimum absolute atomic E-state index is 0.0144. The lowest BCUT2D eigenvalue weighted by atomic mass is 10.1. The molecule has 5 nitrogen and oxygen atoms in total. The number of benzene rings is 1. The third-order valence-electron chi connectivity index (χ3n) is 2.75. The molecule has 2 rings (SSSR count). The van der Waals surface area contributed by atoms with E-state index in [-0.39, 0.29) is 11.5 Å². The van der Waals surface area contributed by atoms with Gasteiger partial charge in [-0.2, -0.15) is 5.10 Å². The van der Waals surface area contributed by atoms with Gasteiger partial charge in [0.05, 0.1) is 11.8 Å². The minimum atomic E-state index is -0.608. The molecule has 0 aliphatic heterocycles. The molecule has 0 atom stereocenters. The van der Waals surface area contributed by atoms with Crippen LogP contribution >= 0.6 is 0 Å². The zero-order valence-electron chi connectivity index (χ0n) is 10.8. The second-order valence-electron chi connectivity index (χ2n) is 4.42. The Morgan fingerprint density at radius 3 is 2.84 bits per heavy atom. The van der Waals surface area contributed by atoms with E-state index in [9.17, 15) is 9.18 Å². The summed E-state index contributed by atoms with van der Waals surface area (Å²) in [4.78, 5) is 13.5. The molecule has 2 aromatic rings. The summed E-state index contributed by atoms with van der Waals surface area (Å²) in [7, 11) is 3.41. The van der Waals surface area contributed by atoms with Crippen molar-refractivity contribution in [3.05, 3.63) is 47.5 Å². The first-order valence-electron chi connectivity index (χ1n) is 5.75. The Morgan fingerprint density at radius 1 is 1.53 bits per heavy atom. The molecular weight excluding hydrogens is 247 g/mol. The van der Waals surface area contributed by atoms with Gasteiger partial charge in [0.15, 0.2) is 0 Å². The van der Waals surface area contributed by atoms with Crippen LogP contribution in [0.2, 0.25) is 0 Å². The van der Waals surface area contributed by atoms with Crippen LogP contribution in [0.5, 0.6) is 0 Å². The highest BCUT2D eigenvalue weighted by Gasteiger charge is 2.16. The van der Waals surface area contributed by atoms with Crippen molar-refractivity contribution in [3.8, 4) is 0 Å². The number of carbonyl (C=O) groups is 1. The van der Waals surface area contributed by atoms with Gasteiger partial charge in [0.25, 0.3) is 5.91 Å². The van der Waals surface area contributed by atoms with Crippen molar-refractivity contribution in [2.75, 3.05) is 12.8 Å². The number of hydrogen-bond donors (Lipinski definition) is 1. The Bertz CT molecular complexity index is 608. The van der Waals surface area contributed by atoms with Crippen molar-refractivity contribution in [3.63, 3.8) is 0 Å². The normalized spacial score (nSPS) is 10.5. The number of halogens is 1. The van der Waals surface area contributed by atoms with E-state index in [2.05, 4.69) is 5.10 Å². The SMILES string of the molecule is CN(Cc1cnn(C)c1)C(=O)c1ccc(N)cc1F. The van der Waals surface area contributed by atoms with Crippen molar-refractivity contribution in [2.24, 2.45) is 7.05 Å². The van der Waals surface area contributed by atoms with Gasteiger partial charge in [0.2, 0.25) is 0 Å². The lowest BCUT2D eigenvalue weighted by molar-refractivity contribution is 0.0780. The van der Waals surface area contributed by atoms with Crippen molar-refractivity contribution >= 4 is 11.6 Å². The van der Waals surface area contributed by atoms with Gasteiger partial charge in [-0.15, -0.1) is 0 Å². The second-order valence-corrected chi connectivity index (χ2v) is 4.42. The summed E-state index contributed by atoms with van der Waals surface area (Å²) >= 11 is 0. The Morgan fingerprint density at radius 2 is 2.26 bits per heavy atom. The predicted molar refractivity (Wildman–Crippen MR) is 69.8 cm³/mol. The van der Waals surface area contributed by atoms with Crippen molar-refractivity contribution in [1.29, 1.82) is 0 Å². The Labute approximate surface area is 110 Å². The zero-order valence-corrected chi connectivity index (χ0v) is 10.8. The molecule has 1 heterocycles. The summed E-state index contributed by atoms with van der Waals surface area (Å²) in [5.41, 5.74) is 6.65. The van der Waals surface area contributed by atoms with Crippen LogP contribution in [0.4, 0.5) is 10.1 Å². The van der Waals surface area contributed by atoms with Crippen LogP contribution < -0.4 is 5.73 Å². The van der Waals surface area contributed by atoms with Crippen molar-refractivity contribution < 1.29 is 9.18 Å². The highest BCUT2D eigenvalue weighted by atomic mass is 19.1. The number of anilines is 1. The first kappa shape index (κ1) is 13.1. The summed E-state index contributed by atoms with van der Waals surface area (Å²) in [6, 6.07) is 4.05. The van der Waals surface area contributed by atoms with E-state index in [1.54, 1.807) is 25.0 Å². The molecule has 0 fully saturated rings. The largest absolute Gasteiger partial charge is 0.399 e. The maximum absolute atomic E-state index is 13.7. The van der Waals surface area contributed by atoms with E-state index in [1.807, 2.05) is 6.20 Å². The first-order chi connectivity index (χ1) is 8.97. The highest BCUT2D eigenvalue weighted by Crippen LogP contribution is 2.14. The van der Waals surface area contributed by atoms with E-state index in [0.717, 1.165) is 11.6 Å². The maximum Gasteiger partial charge on any atom is 0.256 e. The van der Waals surface area contributed by atoms with Gasteiger partial charge in [-0.1, -0.05) is 0 Å². The number of aryl methyl sites for hydroxylation is 1. The van der Waals surface area contributed by atoms with Crippen molar-refractivity contribution in [2.45, 2.75) is 6.54 Å². The Kier molecular flexibility index (Phi) is 3.50. The average Bonchev–Trinajstić information content (AvgIpc) is 2.74. The fraction of sp³-hybridized carbons (Fsp3) is 0.231. The Balaban J connectivity index is 2.14. The number of aromatic nitrogens is 2. The van der Waals surface area contributed by atoms with Crippen LogP contribution in [-0.4, -0.2) is 27.6 Å². The summed E-state index contributed by atoms with van der Waals surface area (Å²) in [5, 5.41) is 4.02. The molecule has 0 unspecified atom stereocenters. The number of rotatable bonds is 3. The molecule has 6 heteroatoms. The molecule has 1 aromatic carbocycles. The highest BCUT2D eigenvalue weighted by molar-refractivity contribution is 5.94. The molecule has 0 spiro atoms. The topological polar surface area (TPSA) is 64.2 Å². The fourth-order valence-corrected chi connectivity index (χ4v) is 1.81.